The van der Waals surface area contributed by atoms with Gasteiger partial charge in [-0.2, -0.15) is 0 Å². The molecular formula is C16H15ClF2NO2Y-. The number of amides is 1. The Morgan fingerprint density at radius 3 is 2.61 bits per heavy atom. The van der Waals surface area contributed by atoms with Crippen LogP contribution in [-0.4, -0.2) is 29.3 Å². The molecule has 0 saturated heterocycles. The van der Waals surface area contributed by atoms with Crippen molar-refractivity contribution in [3.63, 3.8) is 0 Å². The van der Waals surface area contributed by atoms with Crippen molar-refractivity contribution in [2.24, 2.45) is 0 Å². The summed E-state index contributed by atoms with van der Waals surface area (Å²) < 4.78 is 33.7. The zero-order valence-electron chi connectivity index (χ0n) is 12.6. The number of hydrogen-bond donors (Lipinski definition) is 0. The summed E-state index contributed by atoms with van der Waals surface area (Å²) >= 11 is 5.87. The fraction of sp³-hybridized carbons (Fsp3) is 0.312. The second-order valence-electron chi connectivity index (χ2n) is 4.64. The molecule has 0 bridgehead atoms. The second-order valence-corrected chi connectivity index (χ2v) is 5.17. The molecule has 121 valence electrons. The average Bonchev–Trinajstić information content (AvgIpc) is 2.48. The van der Waals surface area contributed by atoms with E-state index >= 15 is 0 Å². The van der Waals surface area contributed by atoms with E-state index in [9.17, 15) is 13.6 Å². The number of rotatable bonds is 5. The number of carbonyl (C=O) groups is 1. The first-order chi connectivity index (χ1) is 10.5. The number of carbonyl (C=O) groups excluding carboxylic acids is 1. The number of halogens is 3. The third-order valence-corrected chi connectivity index (χ3v) is 3.53. The molecule has 1 unspecified atom stereocenters. The summed E-state index contributed by atoms with van der Waals surface area (Å²) in [6.07, 6.45) is 4.40. The van der Waals surface area contributed by atoms with E-state index in [-0.39, 0.29) is 75.2 Å². The standard InChI is InChI=1S/C16H15ClF2NO2.Y/c1-3-7-22-10-8-12(18)15(13(19)9-10)14-6-5-11(17)16(21)20(14)4-2;/h3,8-9,11H,1,4-5,7H2,2H3;/q-1;. The van der Waals surface area contributed by atoms with Gasteiger partial charge in [-0.1, -0.05) is 24.6 Å². The molecule has 0 spiro atoms. The summed E-state index contributed by atoms with van der Waals surface area (Å²) in [5.41, 5.74) is -0.223. The van der Waals surface area contributed by atoms with E-state index < -0.39 is 17.0 Å². The molecule has 1 aromatic carbocycles. The molecule has 0 saturated carbocycles. The van der Waals surface area contributed by atoms with Crippen molar-refractivity contribution in [2.45, 2.75) is 18.7 Å². The Labute approximate surface area is 164 Å². The zero-order valence-corrected chi connectivity index (χ0v) is 16.2. The van der Waals surface area contributed by atoms with Crippen molar-refractivity contribution < 1.29 is 51.0 Å². The van der Waals surface area contributed by atoms with Gasteiger partial charge in [0.15, 0.2) is 0 Å². The molecule has 23 heavy (non-hydrogen) atoms. The van der Waals surface area contributed by atoms with Gasteiger partial charge in [0.1, 0.15) is 17.7 Å². The first-order valence-corrected chi connectivity index (χ1v) is 7.22. The minimum Gasteiger partial charge on any atom is -0.489 e. The van der Waals surface area contributed by atoms with Gasteiger partial charge in [0.05, 0.1) is 11.6 Å². The van der Waals surface area contributed by atoms with Gasteiger partial charge in [-0.05, 0) is 19.1 Å². The summed E-state index contributed by atoms with van der Waals surface area (Å²) in [6, 6.07) is 2.14. The Bertz CT molecular complexity index is 614. The molecule has 1 aromatic rings. The van der Waals surface area contributed by atoms with Crippen molar-refractivity contribution in [3.05, 3.63) is 48.1 Å². The number of nitrogens with zero attached hydrogens (tertiary/aromatic N) is 1. The van der Waals surface area contributed by atoms with Crippen molar-refractivity contribution >= 4 is 23.2 Å². The van der Waals surface area contributed by atoms with Crippen LogP contribution in [0.3, 0.4) is 0 Å². The predicted octanol–water partition coefficient (Wildman–Crippen LogP) is 3.53. The number of alkyl halides is 1. The molecule has 1 radical (unpaired) electrons. The molecule has 0 fully saturated rings. The van der Waals surface area contributed by atoms with E-state index in [0.717, 1.165) is 12.1 Å². The van der Waals surface area contributed by atoms with Gasteiger partial charge in [0, 0.05) is 39.3 Å². The predicted molar refractivity (Wildman–Crippen MR) is 80.3 cm³/mol. The van der Waals surface area contributed by atoms with Crippen LogP contribution in [0, 0.1) is 17.7 Å². The molecule has 0 aliphatic carbocycles. The largest absolute Gasteiger partial charge is 0.489 e. The molecule has 0 N–H and O–H groups in total. The number of ether oxygens (including phenoxy) is 1. The van der Waals surface area contributed by atoms with Crippen LogP contribution in [0.1, 0.15) is 18.9 Å². The minimum absolute atomic E-state index is 0. The van der Waals surface area contributed by atoms with Crippen LogP contribution < -0.4 is 4.74 Å². The monoisotopic (exact) mass is 415 g/mol. The average molecular weight is 416 g/mol. The van der Waals surface area contributed by atoms with Crippen molar-refractivity contribution in [1.82, 2.24) is 4.90 Å². The number of hydrogen-bond acceptors (Lipinski definition) is 2. The molecule has 0 aromatic heterocycles. The van der Waals surface area contributed by atoms with E-state index in [4.69, 9.17) is 16.3 Å². The van der Waals surface area contributed by atoms with Crippen LogP contribution in [0.4, 0.5) is 8.78 Å². The summed E-state index contributed by atoms with van der Waals surface area (Å²) in [7, 11) is 0. The van der Waals surface area contributed by atoms with E-state index in [1.165, 1.54) is 11.0 Å². The fourth-order valence-corrected chi connectivity index (χ4v) is 2.40. The molecule has 7 heteroatoms. The molecule has 2 rings (SSSR count). The molecule has 1 heterocycles. The van der Waals surface area contributed by atoms with Gasteiger partial charge in [0.2, 0.25) is 5.91 Å². The van der Waals surface area contributed by atoms with Crippen LogP contribution in [0.5, 0.6) is 5.75 Å². The summed E-state index contributed by atoms with van der Waals surface area (Å²) in [5.74, 6) is -1.97. The van der Waals surface area contributed by atoms with Crippen LogP contribution in [0.15, 0.2) is 24.8 Å². The quantitative estimate of drug-likeness (QED) is 0.418. The van der Waals surface area contributed by atoms with E-state index in [0.29, 0.717) is 0 Å². The second kappa shape index (κ2) is 8.90. The van der Waals surface area contributed by atoms with Gasteiger partial charge in [-0.25, -0.2) is 14.9 Å². The summed E-state index contributed by atoms with van der Waals surface area (Å²) in [4.78, 5) is 13.3. The van der Waals surface area contributed by atoms with Crippen LogP contribution >= 0.6 is 11.6 Å². The van der Waals surface area contributed by atoms with Crippen LogP contribution in [0.25, 0.3) is 5.70 Å². The molecule has 1 aliphatic rings. The smallest absolute Gasteiger partial charge is 0.241 e. The number of benzene rings is 1. The van der Waals surface area contributed by atoms with Gasteiger partial charge in [-0.3, -0.25) is 4.79 Å². The Morgan fingerprint density at radius 2 is 2.09 bits per heavy atom. The maximum Gasteiger partial charge on any atom is 0.241 e. The number of allylic oxidation sites excluding steroid dienone is 1. The van der Waals surface area contributed by atoms with Crippen molar-refractivity contribution in [3.8, 4) is 5.75 Å². The van der Waals surface area contributed by atoms with E-state index in [2.05, 4.69) is 12.7 Å². The Balaban J connectivity index is 0.00000264. The van der Waals surface area contributed by atoms with Crippen LogP contribution in [0.2, 0.25) is 0 Å². The molecule has 1 aliphatic heterocycles. The maximum atomic E-state index is 14.3. The van der Waals surface area contributed by atoms with Gasteiger partial charge in [-0.15, -0.1) is 17.3 Å². The third-order valence-electron chi connectivity index (χ3n) is 3.19. The van der Waals surface area contributed by atoms with E-state index in [1.807, 2.05) is 0 Å². The minimum atomic E-state index is -0.819. The fourth-order valence-electron chi connectivity index (χ4n) is 2.20. The van der Waals surface area contributed by atoms with Crippen molar-refractivity contribution in [1.29, 1.82) is 0 Å². The summed E-state index contributed by atoms with van der Waals surface area (Å²) in [5, 5.41) is -0.759. The van der Waals surface area contributed by atoms with E-state index in [1.54, 1.807) is 6.92 Å². The SMILES string of the molecule is C=CCOc1cc(F)c(C2=[C-]CC(Cl)C(=O)N2CC)c(F)c1.[Y]. The van der Waals surface area contributed by atoms with Gasteiger partial charge >= 0.3 is 0 Å². The third kappa shape index (κ3) is 4.40. The first-order valence-electron chi connectivity index (χ1n) is 6.79. The van der Waals surface area contributed by atoms with Gasteiger partial charge in [0.25, 0.3) is 0 Å². The van der Waals surface area contributed by atoms with Gasteiger partial charge < -0.3 is 9.64 Å². The molecular weight excluding hydrogens is 401 g/mol. The molecule has 1 atom stereocenters. The Morgan fingerprint density at radius 1 is 1.48 bits per heavy atom. The first kappa shape index (κ1) is 20.3. The zero-order chi connectivity index (χ0) is 16.3. The maximum absolute atomic E-state index is 14.3. The topological polar surface area (TPSA) is 29.5 Å². The molecule has 1 amide bonds. The summed E-state index contributed by atoms with van der Waals surface area (Å²) in [6.45, 7) is 5.55. The van der Waals surface area contributed by atoms with Crippen molar-refractivity contribution in [2.75, 3.05) is 13.2 Å². The molecule has 3 nitrogen and oxygen atoms in total. The Hall–Kier alpha value is -0.776. The normalized spacial score (nSPS) is 17.4. The van der Waals surface area contributed by atoms with Crippen LogP contribution in [-0.2, 0) is 37.5 Å². The Kier molecular flexibility index (Phi) is 7.85.